The van der Waals surface area contributed by atoms with Crippen LogP contribution in [0.4, 0.5) is 0 Å². The topological polar surface area (TPSA) is 68.5 Å². The van der Waals surface area contributed by atoms with Gasteiger partial charge in [-0.05, 0) is 36.4 Å². The zero-order valence-electron chi connectivity index (χ0n) is 13.9. The lowest BCUT2D eigenvalue weighted by molar-refractivity contribution is -0.117. The van der Waals surface area contributed by atoms with E-state index in [4.69, 9.17) is 34.8 Å². The molecule has 142 valence electrons. The van der Waals surface area contributed by atoms with Gasteiger partial charge in [-0.2, -0.15) is 4.99 Å². The summed E-state index contributed by atoms with van der Waals surface area (Å²) in [6, 6.07) is 9.15. The first-order valence-electron chi connectivity index (χ1n) is 7.68. The van der Waals surface area contributed by atoms with Crippen LogP contribution in [0.5, 0.6) is 0 Å². The molecule has 3 rings (SSSR count). The van der Waals surface area contributed by atoms with Gasteiger partial charge in [-0.15, -0.1) is 0 Å². The lowest BCUT2D eigenvalue weighted by atomic mass is 10.3. The van der Waals surface area contributed by atoms with Crippen LogP contribution < -0.4 is 4.80 Å². The Hall–Kier alpha value is -1.38. The first kappa shape index (κ1) is 20.4. The number of carbonyl (C=O) groups is 1. The van der Waals surface area contributed by atoms with Crippen LogP contribution in [0.2, 0.25) is 15.1 Å². The largest absolute Gasteiger partial charge is 0.318 e. The van der Waals surface area contributed by atoms with E-state index < -0.39 is 15.7 Å². The molecule has 0 fully saturated rings. The molecule has 0 aliphatic carbocycles. The van der Waals surface area contributed by atoms with Crippen molar-refractivity contribution in [2.45, 2.75) is 11.3 Å². The second kappa shape index (κ2) is 7.93. The molecule has 0 atom stereocenters. The molecular weight excluding hydrogens is 451 g/mol. The molecular formula is C17H13Cl3N2O3S2. The first-order valence-corrected chi connectivity index (χ1v) is 11.3. The van der Waals surface area contributed by atoms with E-state index in [0.717, 1.165) is 0 Å². The third kappa shape index (κ3) is 4.38. The van der Waals surface area contributed by atoms with Gasteiger partial charge in [-0.3, -0.25) is 4.79 Å². The second-order valence-corrected chi connectivity index (χ2v) is 10.0. The standard InChI is InChI=1S/C17H13Cl3N2O3S2/c1-22-15-12(19)6-7-13(20)16(15)26-17(22)21-14(23)8-9-27(24,25)11-4-2-10(18)3-5-11/h2-7H,8-9H2,1H3. The van der Waals surface area contributed by atoms with Gasteiger partial charge >= 0.3 is 0 Å². The summed E-state index contributed by atoms with van der Waals surface area (Å²) < 4.78 is 27.0. The van der Waals surface area contributed by atoms with E-state index in [-0.39, 0.29) is 17.1 Å². The summed E-state index contributed by atoms with van der Waals surface area (Å²) in [6.45, 7) is 0. The van der Waals surface area contributed by atoms with Crippen LogP contribution in [0, 0.1) is 0 Å². The number of thiazole rings is 1. The molecule has 0 bridgehead atoms. The maximum Gasteiger partial charge on any atom is 0.249 e. The summed E-state index contributed by atoms with van der Waals surface area (Å²) in [4.78, 5) is 16.8. The Kier molecular flexibility index (Phi) is 5.98. The summed E-state index contributed by atoms with van der Waals surface area (Å²) in [5.74, 6) is -0.880. The molecule has 0 unspecified atom stereocenters. The molecule has 0 N–H and O–H groups in total. The number of halogens is 3. The SMILES string of the molecule is Cn1c(=NC(=O)CCS(=O)(=O)c2ccc(Cl)cc2)sc2c(Cl)ccc(Cl)c21. The molecule has 0 radical (unpaired) electrons. The van der Waals surface area contributed by atoms with E-state index in [0.29, 0.717) is 30.1 Å². The van der Waals surface area contributed by atoms with Gasteiger partial charge < -0.3 is 4.57 Å². The van der Waals surface area contributed by atoms with Crippen LogP contribution in [0.25, 0.3) is 10.2 Å². The number of sulfone groups is 1. The predicted molar refractivity (Wildman–Crippen MR) is 110 cm³/mol. The van der Waals surface area contributed by atoms with Crippen molar-refractivity contribution in [3.8, 4) is 0 Å². The first-order chi connectivity index (χ1) is 12.7. The second-order valence-electron chi connectivity index (χ2n) is 5.68. The van der Waals surface area contributed by atoms with Gasteiger partial charge in [0.1, 0.15) is 0 Å². The molecule has 10 heteroatoms. The molecule has 5 nitrogen and oxygen atoms in total. The minimum Gasteiger partial charge on any atom is -0.318 e. The third-order valence-electron chi connectivity index (χ3n) is 3.83. The highest BCUT2D eigenvalue weighted by atomic mass is 35.5. The fraction of sp³-hybridized carbons (Fsp3) is 0.176. The number of benzene rings is 2. The van der Waals surface area contributed by atoms with Crippen LogP contribution in [-0.4, -0.2) is 24.6 Å². The Balaban J connectivity index is 1.84. The number of amides is 1. The number of aromatic nitrogens is 1. The lowest BCUT2D eigenvalue weighted by Crippen LogP contribution is -2.16. The van der Waals surface area contributed by atoms with Gasteiger partial charge in [0.2, 0.25) is 5.91 Å². The fourth-order valence-corrected chi connectivity index (χ4v) is 5.46. The van der Waals surface area contributed by atoms with E-state index in [1.165, 1.54) is 35.6 Å². The minimum atomic E-state index is -3.60. The number of hydrogen-bond acceptors (Lipinski definition) is 4. The summed E-state index contributed by atoms with van der Waals surface area (Å²) in [5.41, 5.74) is 0.675. The van der Waals surface area contributed by atoms with Crippen molar-refractivity contribution >= 4 is 72.1 Å². The molecule has 1 heterocycles. The van der Waals surface area contributed by atoms with Crippen molar-refractivity contribution in [2.24, 2.45) is 12.0 Å². The van der Waals surface area contributed by atoms with Crippen LogP contribution in [0.3, 0.4) is 0 Å². The van der Waals surface area contributed by atoms with Crippen LogP contribution in [-0.2, 0) is 21.7 Å². The molecule has 3 aromatic rings. The van der Waals surface area contributed by atoms with Crippen molar-refractivity contribution in [3.63, 3.8) is 0 Å². The van der Waals surface area contributed by atoms with Crippen LogP contribution >= 0.6 is 46.1 Å². The summed E-state index contributed by atoms with van der Waals surface area (Å²) in [7, 11) is -1.88. The molecule has 0 aliphatic heterocycles. The number of carbonyl (C=O) groups excluding carboxylic acids is 1. The van der Waals surface area contributed by atoms with E-state index in [2.05, 4.69) is 4.99 Å². The molecule has 0 spiro atoms. The Labute approximate surface area is 174 Å². The van der Waals surface area contributed by atoms with Crippen molar-refractivity contribution in [1.29, 1.82) is 0 Å². The van der Waals surface area contributed by atoms with Gasteiger partial charge in [0.15, 0.2) is 14.6 Å². The average Bonchev–Trinajstić information content (AvgIpc) is 2.95. The lowest BCUT2D eigenvalue weighted by Gasteiger charge is -2.03. The molecule has 0 saturated heterocycles. The van der Waals surface area contributed by atoms with E-state index in [1.807, 2.05) is 0 Å². The summed E-state index contributed by atoms with van der Waals surface area (Å²) in [6.07, 6.45) is -0.235. The van der Waals surface area contributed by atoms with Crippen LogP contribution in [0.15, 0.2) is 46.3 Å². The average molecular weight is 464 g/mol. The van der Waals surface area contributed by atoms with E-state index in [9.17, 15) is 13.2 Å². The normalized spacial score (nSPS) is 12.7. The highest BCUT2D eigenvalue weighted by Gasteiger charge is 2.17. The summed E-state index contributed by atoms with van der Waals surface area (Å²) in [5, 5.41) is 1.44. The predicted octanol–water partition coefficient (Wildman–Crippen LogP) is 4.49. The maximum atomic E-state index is 12.3. The summed E-state index contributed by atoms with van der Waals surface area (Å²) >= 11 is 19.4. The van der Waals surface area contributed by atoms with Crippen molar-refractivity contribution in [2.75, 3.05) is 5.75 Å². The highest BCUT2D eigenvalue weighted by molar-refractivity contribution is 7.91. The number of nitrogens with zero attached hydrogens (tertiary/aromatic N) is 2. The fourth-order valence-electron chi connectivity index (χ4n) is 2.43. The van der Waals surface area contributed by atoms with Crippen LogP contribution in [0.1, 0.15) is 6.42 Å². The number of rotatable bonds is 4. The van der Waals surface area contributed by atoms with Crippen molar-refractivity contribution in [1.82, 2.24) is 4.57 Å². The molecule has 2 aromatic carbocycles. The van der Waals surface area contributed by atoms with E-state index in [1.54, 1.807) is 23.7 Å². The minimum absolute atomic E-state index is 0.116. The zero-order valence-corrected chi connectivity index (χ0v) is 17.8. The number of aryl methyl sites for hydroxylation is 1. The third-order valence-corrected chi connectivity index (χ3v) is 7.71. The van der Waals surface area contributed by atoms with Gasteiger partial charge in [0.05, 0.1) is 30.9 Å². The molecule has 1 aromatic heterocycles. The molecule has 0 aliphatic rings. The number of hydrogen-bond donors (Lipinski definition) is 0. The Bertz CT molecular complexity index is 1200. The van der Waals surface area contributed by atoms with Crippen molar-refractivity contribution in [3.05, 3.63) is 56.3 Å². The zero-order chi connectivity index (χ0) is 19.8. The quantitative estimate of drug-likeness (QED) is 0.572. The number of fused-ring (bicyclic) bond motifs is 1. The molecule has 0 saturated carbocycles. The Morgan fingerprint density at radius 1 is 1.07 bits per heavy atom. The highest BCUT2D eigenvalue weighted by Crippen LogP contribution is 2.31. The smallest absolute Gasteiger partial charge is 0.249 e. The van der Waals surface area contributed by atoms with Gasteiger partial charge in [0, 0.05) is 18.5 Å². The molecule has 27 heavy (non-hydrogen) atoms. The molecule has 1 amide bonds. The Morgan fingerprint density at radius 2 is 1.70 bits per heavy atom. The van der Waals surface area contributed by atoms with Gasteiger partial charge in [-0.25, -0.2) is 8.42 Å². The monoisotopic (exact) mass is 462 g/mol. The Morgan fingerprint density at radius 3 is 2.33 bits per heavy atom. The van der Waals surface area contributed by atoms with Gasteiger partial charge in [-0.1, -0.05) is 46.1 Å². The van der Waals surface area contributed by atoms with E-state index >= 15 is 0 Å². The van der Waals surface area contributed by atoms with Crippen molar-refractivity contribution < 1.29 is 13.2 Å². The maximum absolute atomic E-state index is 12.3. The van der Waals surface area contributed by atoms with Gasteiger partial charge in [0.25, 0.3) is 0 Å².